The van der Waals surface area contributed by atoms with Crippen molar-refractivity contribution in [2.75, 3.05) is 6.61 Å². The maximum Gasteiger partial charge on any atom is 0.223 e. The van der Waals surface area contributed by atoms with E-state index in [1.165, 1.54) is 11.1 Å². The van der Waals surface area contributed by atoms with Crippen molar-refractivity contribution < 1.29 is 9.53 Å². The normalized spacial score (nSPS) is 16.0. The Hall–Kier alpha value is -2.29. The molecule has 2 aromatic carbocycles. The highest BCUT2D eigenvalue weighted by atomic mass is 16.5. The molecule has 3 rings (SSSR count). The second-order valence-electron chi connectivity index (χ2n) is 6.23. The molecule has 3 nitrogen and oxygen atoms in total. The molecule has 1 unspecified atom stereocenters. The predicted octanol–water partition coefficient (Wildman–Crippen LogP) is 3.88. The van der Waals surface area contributed by atoms with Crippen LogP contribution in [0.3, 0.4) is 0 Å². The third kappa shape index (κ3) is 3.73. The molecule has 1 N–H and O–H groups in total. The Morgan fingerprint density at radius 3 is 2.91 bits per heavy atom. The minimum absolute atomic E-state index is 0.0528. The largest absolute Gasteiger partial charge is 0.493 e. The van der Waals surface area contributed by atoms with Crippen molar-refractivity contribution in [2.24, 2.45) is 0 Å². The van der Waals surface area contributed by atoms with E-state index in [1.807, 2.05) is 32.0 Å². The summed E-state index contributed by atoms with van der Waals surface area (Å²) in [5.41, 5.74) is 4.87. The summed E-state index contributed by atoms with van der Waals surface area (Å²) in [7, 11) is 0. The van der Waals surface area contributed by atoms with Gasteiger partial charge in [-0.3, -0.25) is 4.79 Å². The number of carbonyl (C=O) groups is 1. The van der Waals surface area contributed by atoms with Crippen LogP contribution in [0.25, 0.3) is 0 Å². The van der Waals surface area contributed by atoms with Crippen LogP contribution in [0.1, 0.15) is 41.1 Å². The summed E-state index contributed by atoms with van der Waals surface area (Å²) in [6, 6.07) is 14.6. The number of hydrogen-bond donors (Lipinski definition) is 1. The number of ether oxygens (including phenoxy) is 1. The van der Waals surface area contributed by atoms with Crippen molar-refractivity contribution in [1.82, 2.24) is 5.32 Å². The zero-order chi connectivity index (χ0) is 16.2. The predicted molar refractivity (Wildman–Crippen MR) is 91.7 cm³/mol. The first-order valence-electron chi connectivity index (χ1n) is 8.21. The first-order chi connectivity index (χ1) is 11.1. The SMILES string of the molecule is Cc1ccc(C)c(OCCC(=O)NC2CCc3ccccc32)c1. The fraction of sp³-hybridized carbons (Fsp3) is 0.350. The minimum atomic E-state index is 0.0528. The zero-order valence-electron chi connectivity index (χ0n) is 13.8. The van der Waals surface area contributed by atoms with Crippen molar-refractivity contribution >= 4 is 5.91 Å². The van der Waals surface area contributed by atoms with Gasteiger partial charge in [0.05, 0.1) is 19.1 Å². The van der Waals surface area contributed by atoms with Gasteiger partial charge in [-0.05, 0) is 55.0 Å². The average Bonchev–Trinajstić information content (AvgIpc) is 2.94. The van der Waals surface area contributed by atoms with E-state index in [1.54, 1.807) is 0 Å². The lowest BCUT2D eigenvalue weighted by Gasteiger charge is -2.15. The van der Waals surface area contributed by atoms with Gasteiger partial charge in [-0.1, -0.05) is 36.4 Å². The maximum absolute atomic E-state index is 12.2. The van der Waals surface area contributed by atoms with Gasteiger partial charge in [0.1, 0.15) is 5.75 Å². The maximum atomic E-state index is 12.2. The first-order valence-corrected chi connectivity index (χ1v) is 8.21. The van der Waals surface area contributed by atoms with Crippen LogP contribution >= 0.6 is 0 Å². The van der Waals surface area contributed by atoms with E-state index in [0.717, 1.165) is 29.7 Å². The average molecular weight is 309 g/mol. The molecule has 0 fully saturated rings. The van der Waals surface area contributed by atoms with E-state index >= 15 is 0 Å². The van der Waals surface area contributed by atoms with Crippen LogP contribution in [0.5, 0.6) is 5.75 Å². The number of hydrogen-bond acceptors (Lipinski definition) is 2. The van der Waals surface area contributed by atoms with Gasteiger partial charge in [0.2, 0.25) is 5.91 Å². The summed E-state index contributed by atoms with van der Waals surface area (Å²) in [6.07, 6.45) is 2.41. The Labute approximate surface area is 137 Å². The Morgan fingerprint density at radius 1 is 1.22 bits per heavy atom. The molecule has 0 heterocycles. The molecule has 0 bridgehead atoms. The highest BCUT2D eigenvalue weighted by Crippen LogP contribution is 2.30. The van der Waals surface area contributed by atoms with Crippen LogP contribution in [-0.4, -0.2) is 12.5 Å². The van der Waals surface area contributed by atoms with Crippen LogP contribution in [-0.2, 0) is 11.2 Å². The molecule has 1 amide bonds. The van der Waals surface area contributed by atoms with Gasteiger partial charge in [-0.2, -0.15) is 0 Å². The molecule has 120 valence electrons. The van der Waals surface area contributed by atoms with Gasteiger partial charge in [0.25, 0.3) is 0 Å². The van der Waals surface area contributed by atoms with Crippen LogP contribution in [0.2, 0.25) is 0 Å². The van der Waals surface area contributed by atoms with Gasteiger partial charge >= 0.3 is 0 Å². The summed E-state index contributed by atoms with van der Waals surface area (Å²) < 4.78 is 5.76. The standard InChI is InChI=1S/C20H23NO2/c1-14-7-8-15(2)19(13-14)23-12-11-20(22)21-18-10-9-16-5-3-4-6-17(16)18/h3-8,13,18H,9-12H2,1-2H3,(H,21,22). The molecule has 3 heteroatoms. The first kappa shape index (κ1) is 15.6. The van der Waals surface area contributed by atoms with Crippen molar-refractivity contribution in [3.05, 3.63) is 64.7 Å². The van der Waals surface area contributed by atoms with Crippen LogP contribution < -0.4 is 10.1 Å². The molecule has 0 saturated carbocycles. The molecule has 0 saturated heterocycles. The van der Waals surface area contributed by atoms with Gasteiger partial charge < -0.3 is 10.1 Å². The van der Waals surface area contributed by atoms with E-state index in [4.69, 9.17) is 4.74 Å². The molecule has 1 aliphatic rings. The van der Waals surface area contributed by atoms with Crippen molar-refractivity contribution in [3.8, 4) is 5.75 Å². The van der Waals surface area contributed by atoms with Gasteiger partial charge in [0.15, 0.2) is 0 Å². The lowest BCUT2D eigenvalue weighted by molar-refractivity contribution is -0.122. The Balaban J connectivity index is 1.50. The smallest absolute Gasteiger partial charge is 0.223 e. The van der Waals surface area contributed by atoms with E-state index in [9.17, 15) is 4.79 Å². The molecule has 23 heavy (non-hydrogen) atoms. The second kappa shape index (κ2) is 6.86. The number of benzene rings is 2. The molecular weight excluding hydrogens is 286 g/mol. The third-order valence-electron chi connectivity index (χ3n) is 4.40. The van der Waals surface area contributed by atoms with Crippen LogP contribution in [0.4, 0.5) is 0 Å². The fourth-order valence-corrected chi connectivity index (χ4v) is 3.09. The highest BCUT2D eigenvalue weighted by Gasteiger charge is 2.23. The van der Waals surface area contributed by atoms with E-state index in [-0.39, 0.29) is 11.9 Å². The summed E-state index contributed by atoms with van der Waals surface area (Å²) in [5.74, 6) is 0.918. The van der Waals surface area contributed by atoms with Crippen molar-refractivity contribution in [3.63, 3.8) is 0 Å². The molecule has 1 atom stereocenters. The van der Waals surface area contributed by atoms with Crippen molar-refractivity contribution in [1.29, 1.82) is 0 Å². The molecule has 0 aliphatic heterocycles. The Kier molecular flexibility index (Phi) is 4.65. The van der Waals surface area contributed by atoms with Gasteiger partial charge in [-0.25, -0.2) is 0 Å². The Bertz CT molecular complexity index is 709. The number of amides is 1. The fourth-order valence-electron chi connectivity index (χ4n) is 3.09. The number of carbonyl (C=O) groups excluding carboxylic acids is 1. The molecular formula is C20H23NO2. The number of nitrogens with one attached hydrogen (secondary N) is 1. The van der Waals surface area contributed by atoms with E-state index in [2.05, 4.69) is 29.6 Å². The lowest BCUT2D eigenvalue weighted by atomic mass is 10.1. The molecule has 0 aromatic heterocycles. The highest BCUT2D eigenvalue weighted by molar-refractivity contribution is 5.76. The number of aryl methyl sites for hydroxylation is 3. The van der Waals surface area contributed by atoms with Gasteiger partial charge in [0, 0.05) is 0 Å². The Morgan fingerprint density at radius 2 is 2.04 bits per heavy atom. The summed E-state index contributed by atoms with van der Waals surface area (Å²) in [6.45, 7) is 4.46. The number of rotatable bonds is 5. The zero-order valence-corrected chi connectivity index (χ0v) is 13.8. The van der Waals surface area contributed by atoms with E-state index < -0.39 is 0 Å². The summed E-state index contributed by atoms with van der Waals surface area (Å²) in [5, 5.41) is 3.13. The van der Waals surface area contributed by atoms with Gasteiger partial charge in [-0.15, -0.1) is 0 Å². The van der Waals surface area contributed by atoms with Crippen LogP contribution in [0.15, 0.2) is 42.5 Å². The minimum Gasteiger partial charge on any atom is -0.493 e. The molecule has 0 spiro atoms. The molecule has 2 aromatic rings. The van der Waals surface area contributed by atoms with E-state index in [0.29, 0.717) is 13.0 Å². The third-order valence-corrected chi connectivity index (χ3v) is 4.40. The second-order valence-corrected chi connectivity index (χ2v) is 6.23. The van der Waals surface area contributed by atoms with Crippen LogP contribution in [0, 0.1) is 13.8 Å². The van der Waals surface area contributed by atoms with Crippen molar-refractivity contribution in [2.45, 2.75) is 39.2 Å². The summed E-state index contributed by atoms with van der Waals surface area (Å²) in [4.78, 5) is 12.2. The number of fused-ring (bicyclic) bond motifs is 1. The topological polar surface area (TPSA) is 38.3 Å². The molecule has 0 radical (unpaired) electrons. The lowest BCUT2D eigenvalue weighted by Crippen LogP contribution is -2.28. The summed E-state index contributed by atoms with van der Waals surface area (Å²) >= 11 is 0. The monoisotopic (exact) mass is 309 g/mol. The molecule has 1 aliphatic carbocycles. The quantitative estimate of drug-likeness (QED) is 0.910.